The molecule has 0 fully saturated rings. The van der Waals surface area contributed by atoms with Crippen molar-refractivity contribution in [2.24, 2.45) is 0 Å². The van der Waals surface area contributed by atoms with E-state index in [2.05, 4.69) is 10.4 Å². The van der Waals surface area contributed by atoms with Gasteiger partial charge in [-0.15, -0.1) is 16.4 Å². The zero-order valence-electron chi connectivity index (χ0n) is 13.4. The molecule has 2 heterocycles. The van der Waals surface area contributed by atoms with Gasteiger partial charge in [0.1, 0.15) is 0 Å². The predicted octanol–water partition coefficient (Wildman–Crippen LogP) is 5.30. The number of thiophene rings is 1. The molecule has 0 aliphatic heterocycles. The van der Waals surface area contributed by atoms with Gasteiger partial charge in [-0.05, 0) is 42.6 Å². The SMILES string of the molecule is Cc1cc(NC(=O)c2cc3ccccc3s2)nn1-c1cccc(Cl)c1. The Morgan fingerprint density at radius 1 is 1.12 bits per heavy atom. The topological polar surface area (TPSA) is 46.9 Å². The summed E-state index contributed by atoms with van der Waals surface area (Å²) >= 11 is 7.52. The third-order valence-corrected chi connectivity index (χ3v) is 5.18. The van der Waals surface area contributed by atoms with E-state index in [0.29, 0.717) is 15.7 Å². The fourth-order valence-corrected chi connectivity index (χ4v) is 3.82. The molecule has 1 amide bonds. The molecule has 1 N–H and O–H groups in total. The summed E-state index contributed by atoms with van der Waals surface area (Å²) in [5.41, 5.74) is 1.77. The Hall–Kier alpha value is -2.63. The van der Waals surface area contributed by atoms with Crippen molar-refractivity contribution >= 4 is 44.7 Å². The Labute approximate surface area is 153 Å². The maximum atomic E-state index is 12.5. The van der Waals surface area contributed by atoms with Crippen LogP contribution in [0.25, 0.3) is 15.8 Å². The molecule has 25 heavy (non-hydrogen) atoms. The lowest BCUT2D eigenvalue weighted by atomic mass is 10.2. The Kier molecular flexibility index (Phi) is 4.03. The number of anilines is 1. The van der Waals surface area contributed by atoms with Gasteiger partial charge in [-0.3, -0.25) is 4.79 Å². The first-order valence-corrected chi connectivity index (χ1v) is 8.92. The van der Waals surface area contributed by atoms with Crippen molar-refractivity contribution in [3.63, 3.8) is 0 Å². The first-order valence-electron chi connectivity index (χ1n) is 7.73. The summed E-state index contributed by atoms with van der Waals surface area (Å²) in [5.74, 6) is 0.358. The number of aryl methyl sites for hydroxylation is 1. The van der Waals surface area contributed by atoms with Crippen LogP contribution in [0.5, 0.6) is 0 Å². The van der Waals surface area contributed by atoms with Crippen LogP contribution in [0.3, 0.4) is 0 Å². The van der Waals surface area contributed by atoms with E-state index >= 15 is 0 Å². The molecule has 4 rings (SSSR count). The quantitative estimate of drug-likeness (QED) is 0.534. The molecule has 0 bridgehead atoms. The summed E-state index contributed by atoms with van der Waals surface area (Å²) in [6, 6.07) is 19.1. The van der Waals surface area contributed by atoms with Gasteiger partial charge in [0.05, 0.1) is 10.6 Å². The highest BCUT2D eigenvalue weighted by Gasteiger charge is 2.13. The lowest BCUT2D eigenvalue weighted by Crippen LogP contribution is -2.11. The lowest BCUT2D eigenvalue weighted by Gasteiger charge is -2.04. The van der Waals surface area contributed by atoms with Crippen LogP contribution < -0.4 is 5.32 Å². The summed E-state index contributed by atoms with van der Waals surface area (Å²) < 4.78 is 2.85. The fourth-order valence-electron chi connectivity index (χ4n) is 2.68. The number of fused-ring (bicyclic) bond motifs is 1. The van der Waals surface area contributed by atoms with E-state index in [1.165, 1.54) is 11.3 Å². The van der Waals surface area contributed by atoms with Crippen molar-refractivity contribution in [1.29, 1.82) is 0 Å². The highest BCUT2D eigenvalue weighted by Crippen LogP contribution is 2.26. The number of carbonyl (C=O) groups excluding carboxylic acids is 1. The largest absolute Gasteiger partial charge is 0.304 e. The molecule has 2 aromatic heterocycles. The van der Waals surface area contributed by atoms with Crippen LogP contribution >= 0.6 is 22.9 Å². The summed E-state index contributed by atoms with van der Waals surface area (Å²) in [6.07, 6.45) is 0. The number of carbonyl (C=O) groups is 1. The van der Waals surface area contributed by atoms with Crippen molar-refractivity contribution in [2.75, 3.05) is 5.32 Å². The zero-order valence-corrected chi connectivity index (χ0v) is 14.9. The molecular formula is C19H14ClN3OS. The van der Waals surface area contributed by atoms with E-state index in [4.69, 9.17) is 11.6 Å². The number of amides is 1. The number of aromatic nitrogens is 2. The Balaban J connectivity index is 1.60. The number of hydrogen-bond acceptors (Lipinski definition) is 3. The second kappa shape index (κ2) is 6.35. The van der Waals surface area contributed by atoms with Crippen LogP contribution in [-0.4, -0.2) is 15.7 Å². The molecular weight excluding hydrogens is 354 g/mol. The van der Waals surface area contributed by atoms with Gasteiger partial charge >= 0.3 is 0 Å². The average Bonchev–Trinajstić information content (AvgIpc) is 3.18. The standard InChI is InChI=1S/C19H14ClN3OS/c1-12-9-18(22-23(12)15-7-4-6-14(20)11-15)21-19(24)17-10-13-5-2-3-8-16(13)25-17/h2-11H,1H3,(H,21,22,24). The van der Waals surface area contributed by atoms with Gasteiger partial charge in [-0.25, -0.2) is 4.68 Å². The van der Waals surface area contributed by atoms with Crippen LogP contribution in [0.2, 0.25) is 5.02 Å². The molecule has 0 aliphatic carbocycles. The highest BCUT2D eigenvalue weighted by molar-refractivity contribution is 7.20. The molecule has 0 saturated carbocycles. The smallest absolute Gasteiger partial charge is 0.266 e. The maximum absolute atomic E-state index is 12.5. The molecule has 0 radical (unpaired) electrons. The van der Waals surface area contributed by atoms with E-state index in [-0.39, 0.29) is 5.91 Å². The Morgan fingerprint density at radius 2 is 1.96 bits per heavy atom. The number of nitrogens with zero attached hydrogens (tertiary/aromatic N) is 2. The molecule has 2 aromatic carbocycles. The van der Waals surface area contributed by atoms with E-state index in [0.717, 1.165) is 21.5 Å². The van der Waals surface area contributed by atoms with Crippen molar-refractivity contribution in [3.8, 4) is 5.69 Å². The first-order chi connectivity index (χ1) is 12.1. The fraction of sp³-hybridized carbons (Fsp3) is 0.0526. The van der Waals surface area contributed by atoms with Crippen LogP contribution in [0.1, 0.15) is 15.4 Å². The number of halogens is 1. The van der Waals surface area contributed by atoms with Crippen LogP contribution in [0.4, 0.5) is 5.82 Å². The van der Waals surface area contributed by atoms with Gasteiger partial charge in [0.15, 0.2) is 5.82 Å². The second-order valence-electron chi connectivity index (χ2n) is 5.67. The third kappa shape index (κ3) is 3.16. The molecule has 0 saturated heterocycles. The molecule has 0 atom stereocenters. The molecule has 0 unspecified atom stereocenters. The Morgan fingerprint density at radius 3 is 2.76 bits per heavy atom. The number of benzene rings is 2. The van der Waals surface area contributed by atoms with Gasteiger partial charge in [-0.1, -0.05) is 35.9 Å². The van der Waals surface area contributed by atoms with Crippen LogP contribution in [0.15, 0.2) is 60.7 Å². The van der Waals surface area contributed by atoms with E-state index < -0.39 is 0 Å². The van der Waals surface area contributed by atoms with Crippen LogP contribution in [0, 0.1) is 6.92 Å². The second-order valence-corrected chi connectivity index (χ2v) is 7.19. The van der Waals surface area contributed by atoms with Gasteiger partial charge in [0, 0.05) is 21.5 Å². The molecule has 124 valence electrons. The minimum Gasteiger partial charge on any atom is -0.304 e. The average molecular weight is 368 g/mol. The van der Waals surface area contributed by atoms with E-state index in [1.807, 2.05) is 67.6 Å². The van der Waals surface area contributed by atoms with Crippen molar-refractivity contribution < 1.29 is 4.79 Å². The predicted molar refractivity (Wildman–Crippen MR) is 103 cm³/mol. The molecule has 6 heteroatoms. The third-order valence-electron chi connectivity index (χ3n) is 3.83. The van der Waals surface area contributed by atoms with Gasteiger partial charge in [0.25, 0.3) is 5.91 Å². The Bertz CT molecular complexity index is 1050. The van der Waals surface area contributed by atoms with Crippen LogP contribution in [-0.2, 0) is 0 Å². The summed E-state index contributed by atoms with van der Waals surface area (Å²) in [4.78, 5) is 13.2. The molecule has 4 aromatic rings. The minimum atomic E-state index is -0.156. The monoisotopic (exact) mass is 367 g/mol. The molecule has 0 aliphatic rings. The van der Waals surface area contributed by atoms with Gasteiger partial charge < -0.3 is 5.32 Å². The van der Waals surface area contributed by atoms with E-state index in [9.17, 15) is 4.79 Å². The summed E-state index contributed by atoms with van der Waals surface area (Å²) in [5, 5.41) is 9.05. The molecule has 4 nitrogen and oxygen atoms in total. The normalized spacial score (nSPS) is 11.0. The lowest BCUT2D eigenvalue weighted by molar-refractivity contribution is 0.103. The van der Waals surface area contributed by atoms with Crippen molar-refractivity contribution in [1.82, 2.24) is 9.78 Å². The number of hydrogen-bond donors (Lipinski definition) is 1. The first kappa shape index (κ1) is 15.9. The van der Waals surface area contributed by atoms with Gasteiger partial charge in [0.2, 0.25) is 0 Å². The van der Waals surface area contributed by atoms with Gasteiger partial charge in [-0.2, -0.15) is 0 Å². The zero-order chi connectivity index (χ0) is 17.4. The summed E-state index contributed by atoms with van der Waals surface area (Å²) in [7, 11) is 0. The highest BCUT2D eigenvalue weighted by atomic mass is 35.5. The van der Waals surface area contributed by atoms with Crippen molar-refractivity contribution in [2.45, 2.75) is 6.92 Å². The number of nitrogens with one attached hydrogen (secondary N) is 1. The summed E-state index contributed by atoms with van der Waals surface area (Å²) in [6.45, 7) is 1.93. The van der Waals surface area contributed by atoms with E-state index in [1.54, 1.807) is 4.68 Å². The number of rotatable bonds is 3. The van der Waals surface area contributed by atoms with Crippen molar-refractivity contribution in [3.05, 3.63) is 76.3 Å². The molecule has 0 spiro atoms. The minimum absolute atomic E-state index is 0.156. The maximum Gasteiger partial charge on any atom is 0.266 e.